The molecule has 0 bridgehead atoms. The number of benzene rings is 2. The Labute approximate surface area is 170 Å². The zero-order chi connectivity index (χ0) is 23.1. The fraction of sp³-hybridized carbons (Fsp3) is 0.190. The molecule has 2 rings (SSSR count). The van der Waals surface area contributed by atoms with Crippen LogP contribution >= 0.6 is 0 Å². The molecule has 0 aliphatic carbocycles. The number of hydrogen-bond acceptors (Lipinski definition) is 5. The number of hydrogen-bond donors (Lipinski definition) is 4. The minimum absolute atomic E-state index is 0.140. The van der Waals surface area contributed by atoms with Gasteiger partial charge >= 0.3 is 23.9 Å². The van der Waals surface area contributed by atoms with Crippen LogP contribution in [0.4, 0.5) is 0 Å². The van der Waals surface area contributed by atoms with Crippen molar-refractivity contribution in [3.05, 3.63) is 67.8 Å². The third-order valence-corrected chi connectivity index (χ3v) is 5.04. The summed E-state index contributed by atoms with van der Waals surface area (Å²) in [5.74, 6) is -7.59. The SMILES string of the molecule is Cc1cc(C(=O)c2cc(C)c(C)c(C(=O)O)c2C(=O)O)c(C(=O)O)c(C(=O)O)c1C. The van der Waals surface area contributed by atoms with E-state index in [4.69, 9.17) is 0 Å². The minimum Gasteiger partial charge on any atom is -0.478 e. The Kier molecular flexibility index (Phi) is 5.78. The van der Waals surface area contributed by atoms with Crippen molar-refractivity contribution in [2.24, 2.45) is 0 Å². The van der Waals surface area contributed by atoms with Gasteiger partial charge in [0.05, 0.1) is 22.3 Å². The van der Waals surface area contributed by atoms with Gasteiger partial charge in [0.1, 0.15) is 0 Å². The summed E-state index contributed by atoms with van der Waals surface area (Å²) in [4.78, 5) is 60.3. The van der Waals surface area contributed by atoms with Gasteiger partial charge in [0.15, 0.2) is 5.78 Å². The van der Waals surface area contributed by atoms with Crippen LogP contribution in [0.25, 0.3) is 0 Å². The molecule has 0 saturated heterocycles. The van der Waals surface area contributed by atoms with Crippen LogP contribution in [-0.2, 0) is 0 Å². The number of carbonyl (C=O) groups is 5. The summed E-state index contributed by atoms with van der Waals surface area (Å²) < 4.78 is 0. The first-order valence-corrected chi connectivity index (χ1v) is 8.57. The highest BCUT2D eigenvalue weighted by molar-refractivity contribution is 6.22. The molecule has 30 heavy (non-hydrogen) atoms. The van der Waals surface area contributed by atoms with E-state index in [1.165, 1.54) is 27.7 Å². The molecule has 0 spiro atoms. The van der Waals surface area contributed by atoms with Gasteiger partial charge in [0, 0.05) is 11.1 Å². The molecule has 0 aliphatic rings. The summed E-state index contributed by atoms with van der Waals surface area (Å²) >= 11 is 0. The topological polar surface area (TPSA) is 166 Å². The van der Waals surface area contributed by atoms with Crippen LogP contribution in [0.2, 0.25) is 0 Å². The lowest BCUT2D eigenvalue weighted by atomic mass is 9.85. The molecule has 4 N–H and O–H groups in total. The molecule has 0 fully saturated rings. The van der Waals surface area contributed by atoms with Crippen LogP contribution in [-0.4, -0.2) is 50.1 Å². The Hall–Kier alpha value is -4.01. The fourth-order valence-electron chi connectivity index (χ4n) is 3.31. The molecule has 9 heteroatoms. The lowest BCUT2D eigenvalue weighted by molar-refractivity contribution is 0.0646. The Morgan fingerprint density at radius 1 is 0.533 bits per heavy atom. The highest BCUT2D eigenvalue weighted by atomic mass is 16.4. The van der Waals surface area contributed by atoms with Gasteiger partial charge in [-0.05, 0) is 62.1 Å². The van der Waals surface area contributed by atoms with Crippen molar-refractivity contribution >= 4 is 29.7 Å². The average molecular weight is 414 g/mol. The largest absolute Gasteiger partial charge is 0.478 e. The lowest BCUT2D eigenvalue weighted by Gasteiger charge is -2.17. The number of aromatic carboxylic acids is 4. The van der Waals surface area contributed by atoms with Crippen LogP contribution in [0.3, 0.4) is 0 Å². The van der Waals surface area contributed by atoms with E-state index in [1.54, 1.807) is 0 Å². The molecule has 9 nitrogen and oxygen atoms in total. The molecule has 0 aliphatic heterocycles. The highest BCUT2D eigenvalue weighted by Crippen LogP contribution is 2.29. The molecule has 0 saturated carbocycles. The first kappa shape index (κ1) is 22.3. The number of carbonyl (C=O) groups excluding carboxylic acids is 1. The summed E-state index contributed by atoms with van der Waals surface area (Å²) in [6.45, 7) is 5.73. The van der Waals surface area contributed by atoms with E-state index in [0.717, 1.165) is 12.1 Å². The molecule has 2 aromatic carbocycles. The first-order valence-electron chi connectivity index (χ1n) is 8.57. The Balaban J connectivity index is 3.02. The molecule has 0 heterocycles. The van der Waals surface area contributed by atoms with Crippen molar-refractivity contribution in [2.45, 2.75) is 27.7 Å². The van der Waals surface area contributed by atoms with Gasteiger partial charge in [-0.1, -0.05) is 0 Å². The normalized spacial score (nSPS) is 10.5. The summed E-state index contributed by atoms with van der Waals surface area (Å²) in [5, 5.41) is 38.2. The van der Waals surface area contributed by atoms with E-state index in [9.17, 15) is 44.4 Å². The molecule has 2 aromatic rings. The van der Waals surface area contributed by atoms with Crippen molar-refractivity contribution in [1.82, 2.24) is 0 Å². The smallest absolute Gasteiger partial charge is 0.337 e. The number of carboxylic acid groups (broad SMARTS) is 4. The van der Waals surface area contributed by atoms with Crippen molar-refractivity contribution in [1.29, 1.82) is 0 Å². The predicted octanol–water partition coefficient (Wildman–Crippen LogP) is 2.94. The van der Waals surface area contributed by atoms with Crippen molar-refractivity contribution < 1.29 is 44.4 Å². The summed E-state index contributed by atoms with van der Waals surface area (Å²) in [5.41, 5.74) is -2.95. The molecule has 156 valence electrons. The molecular weight excluding hydrogens is 396 g/mol. The van der Waals surface area contributed by atoms with Gasteiger partial charge in [-0.15, -0.1) is 0 Å². The van der Waals surface area contributed by atoms with E-state index in [-0.39, 0.29) is 11.1 Å². The van der Waals surface area contributed by atoms with Crippen LogP contribution in [0.15, 0.2) is 12.1 Å². The monoisotopic (exact) mass is 414 g/mol. The second-order valence-electron chi connectivity index (χ2n) is 6.78. The molecule has 0 atom stereocenters. The molecule has 0 radical (unpaired) electrons. The Morgan fingerprint density at radius 2 is 0.800 bits per heavy atom. The van der Waals surface area contributed by atoms with Crippen molar-refractivity contribution in [3.8, 4) is 0 Å². The van der Waals surface area contributed by atoms with E-state index in [1.807, 2.05) is 0 Å². The lowest BCUT2D eigenvalue weighted by Crippen LogP contribution is -2.21. The number of rotatable bonds is 6. The molecular formula is C21H18O9. The van der Waals surface area contributed by atoms with Gasteiger partial charge < -0.3 is 20.4 Å². The van der Waals surface area contributed by atoms with Crippen molar-refractivity contribution in [2.75, 3.05) is 0 Å². The van der Waals surface area contributed by atoms with Crippen LogP contribution in [0.1, 0.15) is 79.6 Å². The second kappa shape index (κ2) is 7.78. The highest BCUT2D eigenvalue weighted by Gasteiger charge is 2.32. The van der Waals surface area contributed by atoms with Crippen LogP contribution in [0, 0.1) is 27.7 Å². The van der Waals surface area contributed by atoms with Gasteiger partial charge in [-0.3, -0.25) is 4.79 Å². The van der Waals surface area contributed by atoms with E-state index >= 15 is 0 Å². The molecule has 0 unspecified atom stereocenters. The predicted molar refractivity (Wildman–Crippen MR) is 103 cm³/mol. The van der Waals surface area contributed by atoms with Gasteiger partial charge in [-0.25, -0.2) is 19.2 Å². The zero-order valence-electron chi connectivity index (χ0n) is 16.5. The third kappa shape index (κ3) is 3.52. The average Bonchev–Trinajstić information content (AvgIpc) is 2.63. The van der Waals surface area contributed by atoms with Gasteiger partial charge in [0.25, 0.3) is 0 Å². The molecule has 0 amide bonds. The first-order chi connectivity index (χ1) is 13.8. The van der Waals surface area contributed by atoms with Crippen LogP contribution in [0.5, 0.6) is 0 Å². The van der Waals surface area contributed by atoms with E-state index < -0.39 is 63.0 Å². The fourth-order valence-corrected chi connectivity index (χ4v) is 3.31. The maximum atomic E-state index is 13.3. The summed E-state index contributed by atoms with van der Waals surface area (Å²) in [6.07, 6.45) is 0. The maximum Gasteiger partial charge on any atom is 0.337 e. The Bertz CT molecular complexity index is 1070. The minimum atomic E-state index is -1.68. The number of aryl methyl sites for hydroxylation is 2. The summed E-state index contributed by atoms with van der Waals surface area (Å²) in [7, 11) is 0. The maximum absolute atomic E-state index is 13.3. The quantitative estimate of drug-likeness (QED) is 0.520. The number of ketones is 1. The standard InChI is InChI=1S/C21H18O9/c1-7-5-11(15(20(27)28)13(9(7)3)18(23)24)17(22)12-6-8(2)10(4)14(19(25)26)16(12)21(29)30/h5-6H,1-4H3,(H,23,24)(H,25,26)(H,27,28)(H,29,30). The second-order valence-corrected chi connectivity index (χ2v) is 6.78. The van der Waals surface area contributed by atoms with Crippen LogP contribution < -0.4 is 0 Å². The summed E-state index contributed by atoms with van der Waals surface area (Å²) in [6, 6.07) is 2.32. The number of carboxylic acids is 4. The van der Waals surface area contributed by atoms with E-state index in [2.05, 4.69) is 0 Å². The zero-order valence-corrected chi connectivity index (χ0v) is 16.5. The van der Waals surface area contributed by atoms with Gasteiger partial charge in [0.2, 0.25) is 0 Å². The molecule has 0 aromatic heterocycles. The van der Waals surface area contributed by atoms with Gasteiger partial charge in [-0.2, -0.15) is 0 Å². The van der Waals surface area contributed by atoms with Crippen molar-refractivity contribution in [3.63, 3.8) is 0 Å². The Morgan fingerprint density at radius 3 is 1.03 bits per heavy atom. The third-order valence-electron chi connectivity index (χ3n) is 5.04. The van der Waals surface area contributed by atoms with E-state index in [0.29, 0.717) is 11.1 Å².